The summed E-state index contributed by atoms with van der Waals surface area (Å²) in [5.41, 5.74) is 0.664. The average Bonchev–Trinajstić information content (AvgIpc) is 3.51. The maximum Gasteiger partial charge on any atom is 0.295 e. The lowest BCUT2D eigenvalue weighted by atomic mass is 10.0. The van der Waals surface area contributed by atoms with Gasteiger partial charge in [-0.1, -0.05) is 41.7 Å². The number of rotatable bonds is 7. The van der Waals surface area contributed by atoms with E-state index in [1.165, 1.54) is 0 Å². The highest BCUT2D eigenvalue weighted by Crippen LogP contribution is 2.34. The zero-order valence-electron chi connectivity index (χ0n) is 18.7. The molecule has 3 aromatic rings. The largest absolute Gasteiger partial charge is 0.381 e. The molecular formula is C24H26F2N4O3S. The second-order valence-electron chi connectivity index (χ2n) is 8.74. The van der Waals surface area contributed by atoms with Gasteiger partial charge in [-0.3, -0.25) is 14.2 Å². The Bertz CT molecular complexity index is 1220. The smallest absolute Gasteiger partial charge is 0.295 e. The maximum absolute atomic E-state index is 13.9. The first kappa shape index (κ1) is 23.0. The number of carbonyl (C=O) groups is 1. The second kappa shape index (κ2) is 9.87. The Morgan fingerprint density at radius 3 is 2.65 bits per heavy atom. The van der Waals surface area contributed by atoms with Gasteiger partial charge in [0.05, 0.1) is 6.04 Å². The van der Waals surface area contributed by atoms with Gasteiger partial charge in [-0.05, 0) is 37.7 Å². The van der Waals surface area contributed by atoms with E-state index >= 15 is 0 Å². The number of benzene rings is 1. The van der Waals surface area contributed by atoms with Gasteiger partial charge in [0.1, 0.15) is 0 Å². The summed E-state index contributed by atoms with van der Waals surface area (Å²) in [5.74, 6) is -0.391. The molecule has 1 atom stereocenters. The molecule has 1 aromatic carbocycles. The van der Waals surface area contributed by atoms with Crippen molar-refractivity contribution >= 4 is 32.6 Å². The van der Waals surface area contributed by atoms with Crippen molar-refractivity contribution in [1.82, 2.24) is 14.5 Å². The third kappa shape index (κ3) is 4.48. The standard InChI is InChI=1S/C24H26F2N4O3S/c25-20(26)21-28-22-19(23(32)30(21)16-10-13-33-14-11-16)27-24(34-22)29-12-4-7-17(29)18(31)9-8-15-5-2-1-3-6-15/h1-3,5-6,16-17,20H,4,7-14H2/t17-/m1/s1. The average molecular weight is 489 g/mol. The quantitative estimate of drug-likeness (QED) is 0.493. The van der Waals surface area contributed by atoms with Crippen LogP contribution in [-0.4, -0.2) is 46.1 Å². The van der Waals surface area contributed by atoms with Crippen LogP contribution in [0.2, 0.25) is 0 Å². The Kier molecular flexibility index (Phi) is 6.69. The molecule has 0 saturated carbocycles. The number of aromatic nitrogens is 3. The van der Waals surface area contributed by atoms with Crippen molar-refractivity contribution in [3.05, 3.63) is 52.1 Å². The van der Waals surface area contributed by atoms with Gasteiger partial charge in [-0.2, -0.15) is 0 Å². The normalized spacial score (nSPS) is 19.4. The molecule has 10 heteroatoms. The highest BCUT2D eigenvalue weighted by molar-refractivity contribution is 7.21. The molecule has 0 radical (unpaired) electrons. The summed E-state index contributed by atoms with van der Waals surface area (Å²) in [6, 6.07) is 9.16. The third-order valence-electron chi connectivity index (χ3n) is 6.61. The van der Waals surface area contributed by atoms with Gasteiger partial charge in [0, 0.05) is 32.2 Å². The van der Waals surface area contributed by atoms with Crippen molar-refractivity contribution in [2.75, 3.05) is 24.7 Å². The molecule has 4 heterocycles. The van der Waals surface area contributed by atoms with Crippen LogP contribution in [0.5, 0.6) is 0 Å². The van der Waals surface area contributed by atoms with E-state index in [4.69, 9.17) is 4.74 Å². The Morgan fingerprint density at radius 1 is 1.15 bits per heavy atom. The van der Waals surface area contributed by atoms with Gasteiger partial charge in [-0.15, -0.1) is 0 Å². The van der Waals surface area contributed by atoms with E-state index in [1.54, 1.807) is 0 Å². The number of anilines is 1. The topological polar surface area (TPSA) is 77.3 Å². The van der Waals surface area contributed by atoms with Gasteiger partial charge in [0.2, 0.25) is 0 Å². The Balaban J connectivity index is 1.43. The number of carbonyl (C=O) groups excluding carboxylic acids is 1. The Hall–Kier alpha value is -2.72. The van der Waals surface area contributed by atoms with Crippen molar-refractivity contribution in [3.8, 4) is 0 Å². The number of hydrogen-bond acceptors (Lipinski definition) is 7. The lowest BCUT2D eigenvalue weighted by Gasteiger charge is -2.25. The van der Waals surface area contributed by atoms with Crippen molar-refractivity contribution in [1.29, 1.82) is 0 Å². The monoisotopic (exact) mass is 488 g/mol. The summed E-state index contributed by atoms with van der Waals surface area (Å²) in [4.78, 5) is 37.1. The number of aryl methyl sites for hydroxylation is 1. The fourth-order valence-corrected chi connectivity index (χ4v) is 5.89. The molecule has 2 aliphatic heterocycles. The van der Waals surface area contributed by atoms with Crippen LogP contribution in [0.4, 0.5) is 13.9 Å². The van der Waals surface area contributed by atoms with Crippen LogP contribution in [0.25, 0.3) is 10.3 Å². The van der Waals surface area contributed by atoms with E-state index in [0.29, 0.717) is 57.0 Å². The molecule has 34 heavy (non-hydrogen) atoms. The number of alkyl halides is 2. The van der Waals surface area contributed by atoms with Gasteiger partial charge in [0.15, 0.2) is 27.1 Å². The minimum Gasteiger partial charge on any atom is -0.381 e. The zero-order valence-corrected chi connectivity index (χ0v) is 19.5. The Morgan fingerprint density at radius 2 is 1.91 bits per heavy atom. The van der Waals surface area contributed by atoms with Crippen LogP contribution in [0, 0.1) is 0 Å². The molecule has 7 nitrogen and oxygen atoms in total. The summed E-state index contributed by atoms with van der Waals surface area (Å²) < 4.78 is 34.2. The van der Waals surface area contributed by atoms with Crippen LogP contribution in [0.15, 0.2) is 35.1 Å². The summed E-state index contributed by atoms with van der Waals surface area (Å²) in [6.07, 6.45) is 0.719. The van der Waals surface area contributed by atoms with Crippen LogP contribution in [0.1, 0.15) is 56.0 Å². The Labute approximate surface area is 199 Å². The molecule has 2 aliphatic rings. The van der Waals surface area contributed by atoms with Gasteiger partial charge in [-0.25, -0.2) is 18.7 Å². The number of nitrogens with zero attached hydrogens (tertiary/aromatic N) is 4. The molecule has 2 fully saturated rings. The van der Waals surface area contributed by atoms with Crippen LogP contribution in [-0.2, 0) is 16.0 Å². The van der Waals surface area contributed by atoms with E-state index in [1.807, 2.05) is 35.2 Å². The number of ketones is 1. The maximum atomic E-state index is 13.9. The minimum absolute atomic E-state index is 0.0956. The van der Waals surface area contributed by atoms with Gasteiger partial charge in [0.25, 0.3) is 12.0 Å². The van der Waals surface area contributed by atoms with Crippen molar-refractivity contribution in [3.63, 3.8) is 0 Å². The zero-order chi connectivity index (χ0) is 23.7. The van der Waals surface area contributed by atoms with Crippen molar-refractivity contribution < 1.29 is 18.3 Å². The second-order valence-corrected chi connectivity index (χ2v) is 9.70. The van der Waals surface area contributed by atoms with Gasteiger partial charge >= 0.3 is 0 Å². The lowest BCUT2D eigenvalue weighted by molar-refractivity contribution is -0.120. The molecule has 2 aromatic heterocycles. The van der Waals surface area contributed by atoms with E-state index in [-0.39, 0.29) is 28.2 Å². The fourth-order valence-electron chi connectivity index (χ4n) is 4.87. The van der Waals surface area contributed by atoms with Crippen LogP contribution >= 0.6 is 11.3 Å². The number of thiazole rings is 1. The molecule has 0 unspecified atom stereocenters. The molecule has 0 spiro atoms. The SMILES string of the molecule is O=C(CCc1ccccc1)[C@H]1CCCN1c1nc2c(=O)n(C3CCOCC3)c(C(F)F)nc2s1. The molecule has 0 aliphatic carbocycles. The molecule has 180 valence electrons. The first-order valence-corrected chi connectivity index (χ1v) is 12.5. The number of halogens is 2. The van der Waals surface area contributed by atoms with E-state index in [2.05, 4.69) is 9.97 Å². The number of Topliss-reactive ketones (excluding diaryl/α,β-unsaturated/α-hetero) is 1. The molecule has 2 saturated heterocycles. The van der Waals surface area contributed by atoms with Crippen molar-refractivity contribution in [2.24, 2.45) is 0 Å². The number of ether oxygens (including phenoxy) is 1. The summed E-state index contributed by atoms with van der Waals surface area (Å²) in [5, 5.41) is 0.500. The lowest BCUT2D eigenvalue weighted by Crippen LogP contribution is -2.36. The predicted molar refractivity (Wildman–Crippen MR) is 126 cm³/mol. The fraction of sp³-hybridized carbons (Fsp3) is 0.500. The third-order valence-corrected chi connectivity index (χ3v) is 7.59. The number of fused-ring (bicyclic) bond motifs is 1. The molecule has 0 amide bonds. The number of hydrogen-bond donors (Lipinski definition) is 0. The van der Waals surface area contributed by atoms with Crippen LogP contribution < -0.4 is 10.5 Å². The summed E-state index contributed by atoms with van der Waals surface area (Å²) in [7, 11) is 0. The molecular weight excluding hydrogens is 462 g/mol. The minimum atomic E-state index is -2.87. The summed E-state index contributed by atoms with van der Waals surface area (Å²) in [6.45, 7) is 1.47. The van der Waals surface area contributed by atoms with Crippen molar-refractivity contribution in [2.45, 2.75) is 57.0 Å². The summed E-state index contributed by atoms with van der Waals surface area (Å²) >= 11 is 1.11. The first-order chi connectivity index (χ1) is 16.5. The van der Waals surface area contributed by atoms with E-state index < -0.39 is 17.8 Å². The molecule has 5 rings (SSSR count). The van der Waals surface area contributed by atoms with E-state index in [0.717, 1.165) is 27.9 Å². The molecule has 0 bridgehead atoms. The first-order valence-electron chi connectivity index (χ1n) is 11.6. The van der Waals surface area contributed by atoms with Gasteiger partial charge < -0.3 is 9.64 Å². The predicted octanol–water partition coefficient (Wildman–Crippen LogP) is 4.31. The molecule has 0 N–H and O–H groups in total. The van der Waals surface area contributed by atoms with Crippen LogP contribution in [0.3, 0.4) is 0 Å². The van der Waals surface area contributed by atoms with E-state index in [9.17, 15) is 18.4 Å². The highest BCUT2D eigenvalue weighted by Gasteiger charge is 2.34. The highest BCUT2D eigenvalue weighted by atomic mass is 32.1.